The highest BCUT2D eigenvalue weighted by Gasteiger charge is 2.39. The molecule has 2 aromatic rings. The molecule has 0 bridgehead atoms. The van der Waals surface area contributed by atoms with Crippen LogP contribution in [0.4, 0.5) is 10.5 Å². The molecule has 14 heteroatoms. The number of amides is 1. The summed E-state index contributed by atoms with van der Waals surface area (Å²) in [5, 5.41) is 14.7. The molecule has 12 nitrogen and oxygen atoms in total. The van der Waals surface area contributed by atoms with Crippen LogP contribution in [-0.4, -0.2) is 66.9 Å². The molecule has 41 heavy (non-hydrogen) atoms. The normalized spacial score (nSPS) is 12.4. The van der Waals surface area contributed by atoms with Gasteiger partial charge in [-0.25, -0.2) is 13.2 Å². The summed E-state index contributed by atoms with van der Waals surface area (Å²) in [4.78, 5) is 35.2. The fourth-order valence-corrected chi connectivity index (χ4v) is 6.19. The average Bonchev–Trinajstić information content (AvgIpc) is 2.91. The second-order valence-corrected chi connectivity index (χ2v) is 12.6. The van der Waals surface area contributed by atoms with Crippen LogP contribution in [0.15, 0.2) is 53.4 Å². The van der Waals surface area contributed by atoms with Crippen molar-refractivity contribution in [3.05, 3.63) is 64.2 Å². The molecule has 0 heterocycles. The van der Waals surface area contributed by atoms with Crippen molar-refractivity contribution in [1.29, 1.82) is 0 Å². The van der Waals surface area contributed by atoms with E-state index >= 15 is 0 Å². The number of hydrogen-bond acceptors (Lipinski definition) is 9. The van der Waals surface area contributed by atoms with Crippen molar-refractivity contribution in [3.63, 3.8) is 0 Å². The molecule has 0 saturated heterocycles. The predicted molar refractivity (Wildman–Crippen MR) is 155 cm³/mol. The number of carbonyl (C=O) groups excluding carboxylic acids is 2. The fraction of sp³-hybridized carbons (Fsp3) is 0.481. The van der Waals surface area contributed by atoms with E-state index in [1.54, 1.807) is 20.8 Å². The minimum Gasteiger partial charge on any atom is -0.489 e. The van der Waals surface area contributed by atoms with Gasteiger partial charge in [-0.1, -0.05) is 46.3 Å². The largest absolute Gasteiger partial charge is 0.489 e. The summed E-state index contributed by atoms with van der Waals surface area (Å²) >= 11 is 3.22. The number of nitro benzene ring substituents is 1. The Kier molecular flexibility index (Phi) is 13.0. The first kappa shape index (κ1) is 34.0. The summed E-state index contributed by atoms with van der Waals surface area (Å²) in [6, 6.07) is 11.4. The number of nitro groups is 1. The number of methoxy groups -OCH3 is 1. The molecular weight excluding hydrogens is 622 g/mol. The van der Waals surface area contributed by atoms with Gasteiger partial charge in [-0.3, -0.25) is 14.9 Å². The summed E-state index contributed by atoms with van der Waals surface area (Å²) in [7, 11) is -3.40. The minimum absolute atomic E-state index is 0.0565. The highest BCUT2D eigenvalue weighted by Crippen LogP contribution is 2.32. The first-order valence-corrected chi connectivity index (χ1v) is 15.4. The highest BCUT2D eigenvalue weighted by molar-refractivity contribution is 9.09. The van der Waals surface area contributed by atoms with Crippen LogP contribution in [0.3, 0.4) is 0 Å². The van der Waals surface area contributed by atoms with E-state index < -0.39 is 49.2 Å². The Bertz CT molecular complexity index is 1280. The van der Waals surface area contributed by atoms with Crippen LogP contribution in [0, 0.1) is 10.1 Å². The van der Waals surface area contributed by atoms with Gasteiger partial charge in [0.2, 0.25) is 0 Å². The number of nitrogens with one attached hydrogen (secondary N) is 1. The first-order chi connectivity index (χ1) is 19.3. The third-order valence-electron chi connectivity index (χ3n) is 5.66. The Morgan fingerprint density at radius 2 is 1.80 bits per heavy atom. The van der Waals surface area contributed by atoms with Gasteiger partial charge in [0.05, 0.1) is 18.1 Å². The first-order valence-electron chi connectivity index (χ1n) is 12.9. The predicted octanol–water partition coefficient (Wildman–Crippen LogP) is 4.80. The molecule has 226 valence electrons. The Morgan fingerprint density at radius 3 is 2.39 bits per heavy atom. The number of sulfonamides is 1. The van der Waals surface area contributed by atoms with Gasteiger partial charge in [0.15, 0.2) is 4.90 Å². The standard InChI is InChI=1S/C27H36BrN3O9S/c1-27(2,3)40-26(33)29-16-9-8-12-22(25(32)38-4)30(17-15-28)41(36,37)24-14-13-21(18-23(24)31(34)35)39-19-20-10-6-5-7-11-20/h5-7,10-11,13-14,18,22H,8-9,12,15-17,19H2,1-4H3,(H,29,33)/t22-/m1/s1. The SMILES string of the molecule is COC(=O)[C@@H](CCCCNC(=O)OC(C)(C)C)N(CCBr)S(=O)(=O)c1ccc(OCc2ccccc2)cc1[N+](=O)[O-]. The molecule has 0 aromatic heterocycles. The van der Waals surface area contributed by atoms with Crippen molar-refractivity contribution in [1.82, 2.24) is 9.62 Å². The van der Waals surface area contributed by atoms with E-state index in [9.17, 15) is 28.1 Å². The van der Waals surface area contributed by atoms with Gasteiger partial charge in [0, 0.05) is 18.4 Å². The van der Waals surface area contributed by atoms with Gasteiger partial charge < -0.3 is 19.5 Å². The summed E-state index contributed by atoms with van der Waals surface area (Å²) < 4.78 is 44.2. The third kappa shape index (κ3) is 10.6. The number of rotatable bonds is 15. The van der Waals surface area contributed by atoms with E-state index in [0.29, 0.717) is 12.8 Å². The summed E-state index contributed by atoms with van der Waals surface area (Å²) in [5.41, 5.74) is -0.503. The lowest BCUT2D eigenvalue weighted by Gasteiger charge is -2.28. The number of alkyl carbamates (subject to hydrolysis) is 1. The number of carbonyl (C=O) groups is 2. The second-order valence-electron chi connectivity index (χ2n) is 9.93. The zero-order valence-corrected chi connectivity index (χ0v) is 25.9. The summed E-state index contributed by atoms with van der Waals surface area (Å²) in [6.07, 6.45) is 0.232. The van der Waals surface area contributed by atoms with Crippen LogP contribution < -0.4 is 10.1 Å². The van der Waals surface area contributed by atoms with Gasteiger partial charge in [0.1, 0.15) is 24.0 Å². The van der Waals surface area contributed by atoms with Gasteiger partial charge in [-0.05, 0) is 57.7 Å². The van der Waals surface area contributed by atoms with Crippen LogP contribution in [0.25, 0.3) is 0 Å². The molecule has 0 saturated carbocycles. The van der Waals surface area contributed by atoms with Crippen LogP contribution in [0.5, 0.6) is 5.75 Å². The molecule has 2 rings (SSSR count). The van der Waals surface area contributed by atoms with Crippen molar-refractivity contribution in [2.75, 3.05) is 25.5 Å². The van der Waals surface area contributed by atoms with Crippen molar-refractivity contribution >= 4 is 43.7 Å². The van der Waals surface area contributed by atoms with E-state index in [1.807, 2.05) is 30.3 Å². The lowest BCUT2D eigenvalue weighted by atomic mass is 10.1. The number of esters is 1. The molecule has 0 aliphatic carbocycles. The number of nitrogens with zero attached hydrogens (tertiary/aromatic N) is 2. The third-order valence-corrected chi connectivity index (χ3v) is 7.97. The Balaban J connectivity index is 2.25. The Morgan fingerprint density at radius 1 is 1.12 bits per heavy atom. The molecule has 0 radical (unpaired) electrons. The quantitative estimate of drug-likeness (QED) is 0.0935. The molecule has 2 aromatic carbocycles. The number of hydrogen-bond donors (Lipinski definition) is 1. The molecule has 0 aliphatic rings. The van der Waals surface area contributed by atoms with E-state index in [-0.39, 0.29) is 37.2 Å². The van der Waals surface area contributed by atoms with Crippen molar-refractivity contribution < 1.29 is 37.1 Å². The molecule has 1 amide bonds. The smallest absolute Gasteiger partial charge is 0.407 e. The maximum absolute atomic E-state index is 13.8. The average molecular weight is 659 g/mol. The molecule has 1 atom stereocenters. The zero-order valence-electron chi connectivity index (χ0n) is 23.5. The Hall–Kier alpha value is -3.23. The molecule has 0 unspecified atom stereocenters. The second kappa shape index (κ2) is 15.7. The summed E-state index contributed by atoms with van der Waals surface area (Å²) in [5.74, 6) is -0.686. The van der Waals surface area contributed by atoms with Gasteiger partial charge in [-0.2, -0.15) is 4.31 Å². The zero-order chi connectivity index (χ0) is 30.6. The molecule has 1 N–H and O–H groups in total. The number of ether oxygens (including phenoxy) is 3. The van der Waals surface area contributed by atoms with E-state index in [1.165, 1.54) is 6.07 Å². The number of halogens is 1. The van der Waals surface area contributed by atoms with Crippen LogP contribution in [0.1, 0.15) is 45.6 Å². The van der Waals surface area contributed by atoms with Gasteiger partial charge in [0.25, 0.3) is 15.7 Å². The monoisotopic (exact) mass is 657 g/mol. The van der Waals surface area contributed by atoms with E-state index in [0.717, 1.165) is 29.1 Å². The summed E-state index contributed by atoms with van der Waals surface area (Å²) in [6.45, 7) is 5.44. The topological polar surface area (TPSA) is 154 Å². The fourth-order valence-electron chi connectivity index (χ4n) is 3.82. The van der Waals surface area contributed by atoms with Crippen LogP contribution >= 0.6 is 15.9 Å². The Labute approximate surface area is 248 Å². The van der Waals surface area contributed by atoms with E-state index in [2.05, 4.69) is 21.2 Å². The number of benzene rings is 2. The molecule has 0 aliphatic heterocycles. The van der Waals surface area contributed by atoms with Gasteiger partial charge in [-0.15, -0.1) is 0 Å². The van der Waals surface area contributed by atoms with Crippen molar-refractivity contribution in [3.8, 4) is 5.75 Å². The molecule has 0 spiro atoms. The lowest BCUT2D eigenvalue weighted by molar-refractivity contribution is -0.388. The van der Waals surface area contributed by atoms with Gasteiger partial charge >= 0.3 is 12.1 Å². The molecular formula is C27H36BrN3O9S. The number of unbranched alkanes of at least 4 members (excludes halogenated alkanes) is 1. The van der Waals surface area contributed by atoms with Crippen LogP contribution in [0.2, 0.25) is 0 Å². The van der Waals surface area contributed by atoms with E-state index in [4.69, 9.17) is 14.2 Å². The minimum atomic E-state index is -4.54. The maximum Gasteiger partial charge on any atom is 0.407 e. The maximum atomic E-state index is 13.8. The van der Waals surface area contributed by atoms with Crippen LogP contribution in [-0.2, 0) is 30.9 Å². The molecule has 0 fully saturated rings. The van der Waals surface area contributed by atoms with Crippen molar-refractivity contribution in [2.24, 2.45) is 0 Å². The van der Waals surface area contributed by atoms with Crippen molar-refractivity contribution in [2.45, 2.75) is 63.2 Å². The number of alkyl halides is 1. The highest BCUT2D eigenvalue weighted by atomic mass is 79.9. The lowest BCUT2D eigenvalue weighted by Crippen LogP contribution is -2.46.